The lowest BCUT2D eigenvalue weighted by atomic mass is 10.1. The Labute approximate surface area is 170 Å². The van der Waals surface area contributed by atoms with Crippen LogP contribution in [0.4, 0.5) is 11.4 Å². The number of hydrogen-bond donors (Lipinski definition) is 1. The molecule has 6 nitrogen and oxygen atoms in total. The number of esters is 1. The maximum Gasteiger partial charge on any atom is 0.311 e. The topological polar surface area (TPSA) is 75.7 Å². The van der Waals surface area contributed by atoms with Crippen LogP contribution in [0.2, 0.25) is 0 Å². The maximum atomic E-state index is 12.4. The van der Waals surface area contributed by atoms with Gasteiger partial charge in [-0.2, -0.15) is 0 Å². The number of carbonyl (C=O) groups is 3. The fourth-order valence-electron chi connectivity index (χ4n) is 3.47. The summed E-state index contributed by atoms with van der Waals surface area (Å²) in [6, 6.07) is 13.4. The minimum absolute atomic E-state index is 0.0894. The maximum absolute atomic E-state index is 12.4. The van der Waals surface area contributed by atoms with Crippen LogP contribution in [0.1, 0.15) is 30.0 Å². The lowest BCUT2D eigenvalue weighted by molar-refractivity contribution is -0.151. The number of rotatable bonds is 6. The summed E-state index contributed by atoms with van der Waals surface area (Å²) in [4.78, 5) is 38.5. The van der Waals surface area contributed by atoms with Gasteiger partial charge in [0.05, 0.1) is 5.92 Å². The van der Waals surface area contributed by atoms with Crippen LogP contribution >= 0.6 is 0 Å². The summed E-state index contributed by atoms with van der Waals surface area (Å²) in [6.07, 6.45) is 0.877. The number of anilines is 2. The van der Waals surface area contributed by atoms with E-state index in [2.05, 4.69) is 5.32 Å². The number of nitrogens with zero attached hydrogens (tertiary/aromatic N) is 1. The SMILES string of the molecule is CCc1cccc(C)c1NC(=O)COC(=O)C1CC(=O)N(c2ccc(C)cc2)C1. The van der Waals surface area contributed by atoms with Crippen molar-refractivity contribution in [1.29, 1.82) is 0 Å². The van der Waals surface area contributed by atoms with Gasteiger partial charge in [-0.15, -0.1) is 0 Å². The van der Waals surface area contributed by atoms with E-state index < -0.39 is 11.9 Å². The summed E-state index contributed by atoms with van der Waals surface area (Å²) >= 11 is 0. The van der Waals surface area contributed by atoms with Gasteiger partial charge in [-0.1, -0.05) is 42.8 Å². The van der Waals surface area contributed by atoms with E-state index in [4.69, 9.17) is 4.74 Å². The third kappa shape index (κ3) is 4.83. The first-order chi connectivity index (χ1) is 13.9. The number of ether oxygens (including phenoxy) is 1. The Bertz CT molecular complexity index is 921. The number of benzene rings is 2. The largest absolute Gasteiger partial charge is 0.455 e. The molecule has 2 amide bonds. The number of aryl methyl sites for hydroxylation is 3. The van der Waals surface area contributed by atoms with E-state index in [1.165, 1.54) is 0 Å². The van der Waals surface area contributed by atoms with Crippen molar-refractivity contribution in [3.05, 3.63) is 59.2 Å². The molecule has 3 rings (SSSR count). The molecule has 2 aromatic rings. The molecule has 1 atom stereocenters. The number of para-hydroxylation sites is 1. The summed E-state index contributed by atoms with van der Waals surface area (Å²) in [7, 11) is 0. The van der Waals surface area contributed by atoms with Crippen molar-refractivity contribution in [3.63, 3.8) is 0 Å². The van der Waals surface area contributed by atoms with Gasteiger partial charge in [0.25, 0.3) is 5.91 Å². The summed E-state index contributed by atoms with van der Waals surface area (Å²) in [5.74, 6) is -1.60. The highest BCUT2D eigenvalue weighted by atomic mass is 16.5. The van der Waals surface area contributed by atoms with Crippen LogP contribution < -0.4 is 10.2 Å². The Morgan fingerprint density at radius 2 is 1.86 bits per heavy atom. The zero-order valence-electron chi connectivity index (χ0n) is 17.0. The minimum atomic E-state index is -0.568. The Morgan fingerprint density at radius 1 is 1.14 bits per heavy atom. The molecule has 0 saturated carbocycles. The van der Waals surface area contributed by atoms with Crippen molar-refractivity contribution in [2.45, 2.75) is 33.6 Å². The van der Waals surface area contributed by atoms with E-state index in [-0.39, 0.29) is 31.4 Å². The quantitative estimate of drug-likeness (QED) is 0.762. The van der Waals surface area contributed by atoms with Crippen LogP contribution in [0.3, 0.4) is 0 Å². The smallest absolute Gasteiger partial charge is 0.311 e. The highest BCUT2D eigenvalue weighted by molar-refractivity contribution is 6.00. The second-order valence-electron chi connectivity index (χ2n) is 7.36. The van der Waals surface area contributed by atoms with Crippen molar-refractivity contribution >= 4 is 29.2 Å². The Balaban J connectivity index is 1.55. The Hall–Kier alpha value is -3.15. The molecule has 0 radical (unpaired) electrons. The molecule has 1 N–H and O–H groups in total. The molecule has 1 aliphatic rings. The van der Waals surface area contributed by atoms with Crippen molar-refractivity contribution < 1.29 is 19.1 Å². The minimum Gasteiger partial charge on any atom is -0.455 e. The fraction of sp³-hybridized carbons (Fsp3) is 0.348. The Kier molecular flexibility index (Phi) is 6.32. The number of nitrogens with one attached hydrogen (secondary N) is 1. The predicted molar refractivity (Wildman–Crippen MR) is 112 cm³/mol. The molecule has 0 spiro atoms. The molecule has 2 aromatic carbocycles. The van der Waals surface area contributed by atoms with Gasteiger partial charge in [0.15, 0.2) is 6.61 Å². The number of hydrogen-bond acceptors (Lipinski definition) is 4. The van der Waals surface area contributed by atoms with E-state index in [0.717, 1.165) is 34.5 Å². The van der Waals surface area contributed by atoms with Crippen LogP contribution in [0.25, 0.3) is 0 Å². The normalized spacial score (nSPS) is 16.0. The van der Waals surface area contributed by atoms with Crippen LogP contribution in [0.15, 0.2) is 42.5 Å². The molecule has 1 fully saturated rings. The number of amides is 2. The molecular formula is C23H26N2O4. The zero-order chi connectivity index (χ0) is 21.0. The summed E-state index contributed by atoms with van der Waals surface area (Å²) in [5.41, 5.74) is 4.61. The van der Waals surface area contributed by atoms with Gasteiger partial charge >= 0.3 is 5.97 Å². The summed E-state index contributed by atoms with van der Waals surface area (Å²) < 4.78 is 5.20. The summed E-state index contributed by atoms with van der Waals surface area (Å²) in [6.45, 7) is 5.80. The monoisotopic (exact) mass is 394 g/mol. The average molecular weight is 394 g/mol. The second kappa shape index (κ2) is 8.90. The second-order valence-corrected chi connectivity index (χ2v) is 7.36. The van der Waals surface area contributed by atoms with E-state index >= 15 is 0 Å². The summed E-state index contributed by atoms with van der Waals surface area (Å²) in [5, 5.41) is 2.83. The lowest BCUT2D eigenvalue weighted by Crippen LogP contribution is -2.28. The van der Waals surface area contributed by atoms with E-state index in [9.17, 15) is 14.4 Å². The van der Waals surface area contributed by atoms with Crippen molar-refractivity contribution in [2.24, 2.45) is 5.92 Å². The fourth-order valence-corrected chi connectivity index (χ4v) is 3.47. The van der Waals surface area contributed by atoms with Crippen molar-refractivity contribution in [1.82, 2.24) is 0 Å². The third-order valence-corrected chi connectivity index (χ3v) is 5.15. The van der Waals surface area contributed by atoms with Gasteiger partial charge in [-0.05, 0) is 43.5 Å². The van der Waals surface area contributed by atoms with Gasteiger partial charge in [0.1, 0.15) is 0 Å². The van der Waals surface area contributed by atoms with Gasteiger partial charge in [-0.25, -0.2) is 0 Å². The molecule has 29 heavy (non-hydrogen) atoms. The van der Waals surface area contributed by atoms with Gasteiger partial charge in [0.2, 0.25) is 5.91 Å². The molecular weight excluding hydrogens is 368 g/mol. The molecule has 6 heteroatoms. The molecule has 152 valence electrons. The Morgan fingerprint density at radius 3 is 2.55 bits per heavy atom. The number of carbonyl (C=O) groups excluding carboxylic acids is 3. The average Bonchev–Trinajstić information content (AvgIpc) is 3.10. The molecule has 0 aliphatic carbocycles. The standard InChI is InChI=1S/C23H26N2O4/c1-4-17-7-5-6-16(3)22(17)24-20(26)14-29-23(28)18-12-21(27)25(13-18)19-10-8-15(2)9-11-19/h5-11,18H,4,12-14H2,1-3H3,(H,24,26). The first-order valence-electron chi connectivity index (χ1n) is 9.81. The molecule has 1 aliphatic heterocycles. The van der Waals surface area contributed by atoms with E-state index in [1.54, 1.807) is 4.90 Å². The molecule has 1 unspecified atom stereocenters. The van der Waals surface area contributed by atoms with Crippen LogP contribution in [-0.4, -0.2) is 30.9 Å². The van der Waals surface area contributed by atoms with E-state index in [0.29, 0.717) is 0 Å². The van der Waals surface area contributed by atoms with Gasteiger partial charge in [0, 0.05) is 24.3 Å². The first kappa shape index (κ1) is 20.6. The lowest BCUT2D eigenvalue weighted by Gasteiger charge is -2.17. The van der Waals surface area contributed by atoms with Crippen LogP contribution in [0.5, 0.6) is 0 Å². The van der Waals surface area contributed by atoms with Gasteiger partial charge < -0.3 is 15.0 Å². The molecule has 1 heterocycles. The first-order valence-corrected chi connectivity index (χ1v) is 9.81. The third-order valence-electron chi connectivity index (χ3n) is 5.15. The predicted octanol–water partition coefficient (Wildman–Crippen LogP) is 3.40. The van der Waals surface area contributed by atoms with E-state index in [1.807, 2.05) is 63.2 Å². The van der Waals surface area contributed by atoms with Gasteiger partial charge in [-0.3, -0.25) is 14.4 Å². The zero-order valence-corrected chi connectivity index (χ0v) is 17.0. The van der Waals surface area contributed by atoms with Crippen LogP contribution in [-0.2, 0) is 25.5 Å². The highest BCUT2D eigenvalue weighted by Crippen LogP contribution is 2.26. The molecule has 1 saturated heterocycles. The highest BCUT2D eigenvalue weighted by Gasteiger charge is 2.36. The molecule has 0 aromatic heterocycles. The van der Waals surface area contributed by atoms with Crippen molar-refractivity contribution in [2.75, 3.05) is 23.4 Å². The van der Waals surface area contributed by atoms with Crippen molar-refractivity contribution in [3.8, 4) is 0 Å². The van der Waals surface area contributed by atoms with Crippen LogP contribution in [0, 0.1) is 19.8 Å². The molecule has 0 bridgehead atoms.